The van der Waals surface area contributed by atoms with Crippen molar-refractivity contribution in [3.05, 3.63) is 145 Å². The number of carbonyl (C=O) groups is 2. The van der Waals surface area contributed by atoms with Crippen molar-refractivity contribution in [1.29, 1.82) is 0 Å². The van der Waals surface area contributed by atoms with E-state index in [-0.39, 0.29) is 24.4 Å². The molecule has 7 rings (SSSR count). The number of para-hydroxylation sites is 1. The molecule has 0 fully saturated rings. The second-order valence-electron chi connectivity index (χ2n) is 10.4. The van der Waals surface area contributed by atoms with Gasteiger partial charge in [-0.05, 0) is 54.4 Å². The SMILES string of the molecule is Cc1ccc2oc3c(c(=O)c2c1)C1(C(=O)N(Cc2ccc(Cl)cc2)c2ccccc21)N(Cc1ccccc1Cl)C3=O. The molecule has 0 N–H and O–H groups in total. The molecule has 0 aliphatic carbocycles. The molecule has 0 saturated heterocycles. The third kappa shape index (κ3) is 3.68. The van der Waals surface area contributed by atoms with Crippen LogP contribution in [0.4, 0.5) is 5.69 Å². The molecule has 202 valence electrons. The first-order valence-corrected chi connectivity index (χ1v) is 13.9. The number of nitrogens with zero attached hydrogens (tertiary/aromatic N) is 2. The lowest BCUT2D eigenvalue weighted by atomic mass is 9.83. The van der Waals surface area contributed by atoms with Crippen molar-refractivity contribution >= 4 is 51.7 Å². The van der Waals surface area contributed by atoms with E-state index in [4.69, 9.17) is 27.6 Å². The van der Waals surface area contributed by atoms with Gasteiger partial charge in [0.2, 0.25) is 5.76 Å². The second kappa shape index (κ2) is 9.33. The molecule has 1 spiro atoms. The predicted molar refractivity (Wildman–Crippen MR) is 158 cm³/mol. The topological polar surface area (TPSA) is 70.8 Å². The van der Waals surface area contributed by atoms with Gasteiger partial charge in [-0.25, -0.2) is 0 Å². The van der Waals surface area contributed by atoms with E-state index in [2.05, 4.69) is 0 Å². The lowest BCUT2D eigenvalue weighted by Gasteiger charge is -2.34. The van der Waals surface area contributed by atoms with E-state index >= 15 is 0 Å². The summed E-state index contributed by atoms with van der Waals surface area (Å²) in [5, 5.41) is 1.35. The molecule has 8 heteroatoms. The molecule has 1 aromatic heterocycles. The van der Waals surface area contributed by atoms with E-state index in [1.165, 1.54) is 4.90 Å². The van der Waals surface area contributed by atoms with Crippen LogP contribution in [0, 0.1) is 6.92 Å². The van der Waals surface area contributed by atoms with Crippen LogP contribution in [-0.4, -0.2) is 16.7 Å². The Balaban J connectivity index is 1.52. The van der Waals surface area contributed by atoms with Crippen LogP contribution < -0.4 is 10.3 Å². The Labute approximate surface area is 245 Å². The maximum absolute atomic E-state index is 14.9. The minimum atomic E-state index is -1.74. The van der Waals surface area contributed by atoms with E-state index in [1.807, 2.05) is 49.4 Å². The number of fused-ring (bicyclic) bond motifs is 5. The molecular weight excluding hydrogens is 559 g/mol. The lowest BCUT2D eigenvalue weighted by Crippen LogP contribution is -2.53. The number of hydrogen-bond donors (Lipinski definition) is 0. The fourth-order valence-corrected chi connectivity index (χ4v) is 6.37. The van der Waals surface area contributed by atoms with Crippen molar-refractivity contribution in [2.75, 3.05) is 4.90 Å². The van der Waals surface area contributed by atoms with Crippen LogP contribution >= 0.6 is 23.2 Å². The largest absolute Gasteiger partial charge is 0.450 e. The first-order chi connectivity index (χ1) is 19.8. The van der Waals surface area contributed by atoms with E-state index in [9.17, 15) is 14.4 Å². The van der Waals surface area contributed by atoms with E-state index in [1.54, 1.807) is 53.4 Å². The summed E-state index contributed by atoms with van der Waals surface area (Å²) in [6.45, 7) is 2.09. The van der Waals surface area contributed by atoms with Crippen LogP contribution in [-0.2, 0) is 23.4 Å². The molecule has 5 aromatic rings. The average Bonchev–Trinajstić information content (AvgIpc) is 3.36. The maximum atomic E-state index is 14.9. The minimum absolute atomic E-state index is 0.00756. The Bertz CT molecular complexity index is 1970. The number of aryl methyl sites for hydroxylation is 1. The molecule has 2 amide bonds. The third-order valence-corrected chi connectivity index (χ3v) is 8.55. The summed E-state index contributed by atoms with van der Waals surface area (Å²) in [5.41, 5.74) is 1.67. The Morgan fingerprint density at radius 2 is 1.56 bits per heavy atom. The molecule has 0 bridgehead atoms. The summed E-state index contributed by atoms with van der Waals surface area (Å²) in [5.74, 6) is -1.09. The molecule has 41 heavy (non-hydrogen) atoms. The molecule has 0 radical (unpaired) electrons. The quantitative estimate of drug-likeness (QED) is 0.233. The average molecular weight is 581 g/mol. The normalized spacial score (nSPS) is 17.5. The number of benzene rings is 4. The van der Waals surface area contributed by atoms with Gasteiger partial charge >= 0.3 is 0 Å². The second-order valence-corrected chi connectivity index (χ2v) is 11.2. The minimum Gasteiger partial charge on any atom is -0.450 e. The van der Waals surface area contributed by atoms with Crippen LogP contribution in [0.5, 0.6) is 0 Å². The number of carbonyl (C=O) groups excluding carboxylic acids is 2. The Morgan fingerprint density at radius 1 is 0.829 bits per heavy atom. The highest BCUT2D eigenvalue weighted by atomic mass is 35.5. The van der Waals surface area contributed by atoms with E-state index < -0.39 is 22.8 Å². The zero-order valence-corrected chi connectivity index (χ0v) is 23.4. The van der Waals surface area contributed by atoms with Gasteiger partial charge in [-0.15, -0.1) is 0 Å². The van der Waals surface area contributed by atoms with E-state index in [0.717, 1.165) is 11.1 Å². The van der Waals surface area contributed by atoms with Gasteiger partial charge in [0.25, 0.3) is 11.8 Å². The molecule has 1 unspecified atom stereocenters. The van der Waals surface area contributed by atoms with Crippen LogP contribution in [0.25, 0.3) is 11.0 Å². The van der Waals surface area contributed by atoms with Gasteiger partial charge in [0.05, 0.1) is 23.2 Å². The smallest absolute Gasteiger partial charge is 0.291 e. The number of anilines is 1. The number of rotatable bonds is 4. The van der Waals surface area contributed by atoms with Gasteiger partial charge in [-0.3, -0.25) is 14.4 Å². The van der Waals surface area contributed by atoms with Crippen molar-refractivity contribution in [3.63, 3.8) is 0 Å². The maximum Gasteiger partial charge on any atom is 0.291 e. The fraction of sp³-hybridized carbons (Fsp3) is 0.121. The van der Waals surface area contributed by atoms with Crippen LogP contribution in [0.3, 0.4) is 0 Å². The summed E-state index contributed by atoms with van der Waals surface area (Å²) < 4.78 is 6.16. The van der Waals surface area contributed by atoms with Crippen molar-refractivity contribution < 1.29 is 14.0 Å². The predicted octanol–water partition coefficient (Wildman–Crippen LogP) is 6.85. The summed E-state index contributed by atoms with van der Waals surface area (Å²) in [6.07, 6.45) is 0. The standard InChI is InChI=1S/C33H22Cl2N2O4/c1-19-10-15-27-23(16-19)29(38)28-30(41-27)31(39)37(18-21-6-2-4-8-25(21)35)33(28)24-7-3-5-9-26(24)36(32(33)40)17-20-11-13-22(34)14-12-20/h2-16H,17-18H2,1H3. The number of halogens is 2. The molecule has 6 nitrogen and oxygen atoms in total. The zero-order chi connectivity index (χ0) is 28.5. The summed E-state index contributed by atoms with van der Waals surface area (Å²) in [7, 11) is 0. The van der Waals surface area contributed by atoms with Gasteiger partial charge in [0, 0.05) is 22.2 Å². The zero-order valence-electron chi connectivity index (χ0n) is 21.9. The first kappa shape index (κ1) is 25.6. The van der Waals surface area contributed by atoms with Crippen molar-refractivity contribution in [2.24, 2.45) is 0 Å². The third-order valence-electron chi connectivity index (χ3n) is 7.93. The summed E-state index contributed by atoms with van der Waals surface area (Å²) >= 11 is 12.7. The van der Waals surface area contributed by atoms with Crippen molar-refractivity contribution in [1.82, 2.24) is 4.90 Å². The van der Waals surface area contributed by atoms with Crippen LogP contribution in [0.2, 0.25) is 10.0 Å². The van der Waals surface area contributed by atoms with E-state index in [0.29, 0.717) is 37.8 Å². The number of amides is 2. The number of hydrogen-bond acceptors (Lipinski definition) is 4. The Kier molecular flexibility index (Phi) is 5.82. The highest BCUT2D eigenvalue weighted by Gasteiger charge is 2.65. The van der Waals surface area contributed by atoms with Crippen LogP contribution in [0.1, 0.15) is 38.4 Å². The lowest BCUT2D eigenvalue weighted by molar-refractivity contribution is -0.126. The summed E-state index contributed by atoms with van der Waals surface area (Å²) in [4.78, 5) is 46.6. The molecule has 2 aliphatic rings. The monoisotopic (exact) mass is 580 g/mol. The molecular formula is C33H22Cl2N2O4. The molecule has 2 aliphatic heterocycles. The highest BCUT2D eigenvalue weighted by molar-refractivity contribution is 6.31. The first-order valence-electron chi connectivity index (χ1n) is 13.1. The Hall–Kier alpha value is -4.39. The fourth-order valence-electron chi connectivity index (χ4n) is 6.05. The van der Waals surface area contributed by atoms with Gasteiger partial charge in [-0.1, -0.05) is 83.4 Å². The van der Waals surface area contributed by atoms with Gasteiger partial charge < -0.3 is 14.2 Å². The van der Waals surface area contributed by atoms with Gasteiger partial charge in [-0.2, -0.15) is 0 Å². The highest BCUT2D eigenvalue weighted by Crippen LogP contribution is 2.53. The summed E-state index contributed by atoms with van der Waals surface area (Å²) in [6, 6.07) is 26.9. The molecule has 3 heterocycles. The van der Waals surface area contributed by atoms with Crippen molar-refractivity contribution in [2.45, 2.75) is 25.6 Å². The molecule has 4 aromatic carbocycles. The Morgan fingerprint density at radius 3 is 2.34 bits per heavy atom. The van der Waals surface area contributed by atoms with Gasteiger partial charge in [0.15, 0.2) is 11.0 Å². The van der Waals surface area contributed by atoms with Crippen molar-refractivity contribution in [3.8, 4) is 0 Å². The molecule has 0 saturated carbocycles. The molecule has 1 atom stereocenters. The van der Waals surface area contributed by atoms with Gasteiger partial charge in [0.1, 0.15) is 5.58 Å². The van der Waals surface area contributed by atoms with Crippen LogP contribution in [0.15, 0.2) is 100 Å².